The molecule has 0 heterocycles. The molecular weight excluding hydrogens is 551 g/mol. The summed E-state index contributed by atoms with van der Waals surface area (Å²) in [5.41, 5.74) is -4.73. The minimum Gasteiger partial charge on any atom is -0.640 e. The molecule has 0 aliphatic carbocycles. The Morgan fingerprint density at radius 2 is 0.783 bits per heavy atom. The topological polar surface area (TPSA) is 36.9 Å². The Balaban J connectivity index is -0.000000333. The molecule has 0 saturated heterocycles. The van der Waals surface area contributed by atoms with Gasteiger partial charge in [-0.25, -0.2) is 0 Å². The number of alkyl halides is 4. The average Bonchev–Trinajstić information content (AvgIpc) is 2.48. The van der Waals surface area contributed by atoms with Crippen molar-refractivity contribution in [2.24, 2.45) is 0 Å². The van der Waals surface area contributed by atoms with Gasteiger partial charge in [-0.15, -0.1) is 46.4 Å². The fourth-order valence-corrected chi connectivity index (χ4v) is 4.72. The first-order valence-corrected chi connectivity index (χ1v) is 15.4. The third-order valence-corrected chi connectivity index (χ3v) is 6.63. The molecule has 0 bridgehead atoms. The molecule has 0 unspecified atom stereocenters. The molecule has 0 amide bonds. The van der Waals surface area contributed by atoms with Crippen molar-refractivity contribution in [3.8, 4) is 0 Å². The summed E-state index contributed by atoms with van der Waals surface area (Å²) in [4.78, 5) is 0. The smallest absolute Gasteiger partial charge is 0.640 e. The molecule has 0 aromatic rings. The molecule has 0 fully saturated rings. The summed E-state index contributed by atoms with van der Waals surface area (Å²) in [6.45, 7) is 1.46. The molecule has 0 aromatic carbocycles. The molecule has 144 valence electrons. The second-order valence-electron chi connectivity index (χ2n) is 3.03. The van der Waals surface area contributed by atoms with Crippen LogP contribution >= 0.6 is 57.8 Å². The fourth-order valence-electron chi connectivity index (χ4n) is 0.674. The number of halogens is 4. The molecule has 4 nitrogen and oxygen atoms in total. The van der Waals surface area contributed by atoms with Crippen LogP contribution in [-0.2, 0) is 82.7 Å². The minimum absolute atomic E-state index is 0. The zero-order valence-electron chi connectivity index (χ0n) is 11.7. The standard InChI is InChI=1S/2C4H9Cl2O2PS2.Ni/c2*5-1-3-7-9(10,11)8-4-2-6;/h2*1-4H2,(H,10,11);/q;;+2. The molecule has 0 aromatic heterocycles. The first kappa shape index (κ1) is 31.2. The van der Waals surface area contributed by atoms with E-state index in [9.17, 15) is 0 Å². The van der Waals surface area contributed by atoms with Gasteiger partial charge in [-0.1, -0.05) is 0 Å². The largest absolute Gasteiger partial charge is 2.00 e. The van der Waals surface area contributed by atoms with Crippen LogP contribution in [-0.4, -0.2) is 49.9 Å². The van der Waals surface area contributed by atoms with Crippen LogP contribution in [0.3, 0.4) is 0 Å². The summed E-state index contributed by atoms with van der Waals surface area (Å²) in [5.74, 6) is 1.57. The first-order chi connectivity index (χ1) is 10.2. The zero-order valence-corrected chi connectivity index (χ0v) is 20.9. The summed E-state index contributed by atoms with van der Waals surface area (Å²) in [6, 6.07) is 0. The van der Waals surface area contributed by atoms with Crippen molar-refractivity contribution in [2.75, 3.05) is 49.9 Å². The van der Waals surface area contributed by atoms with Gasteiger partial charge in [0.25, 0.3) is 0 Å². The molecule has 0 saturated carbocycles. The van der Waals surface area contributed by atoms with Crippen molar-refractivity contribution >= 4 is 106 Å². The Morgan fingerprint density at radius 1 is 0.609 bits per heavy atom. The van der Waals surface area contributed by atoms with Gasteiger partial charge in [0, 0.05) is 23.5 Å². The second kappa shape index (κ2) is 20.2. The van der Waals surface area contributed by atoms with E-state index >= 15 is 0 Å². The van der Waals surface area contributed by atoms with Crippen molar-refractivity contribution in [3.63, 3.8) is 0 Å². The Morgan fingerprint density at radius 3 is 0.913 bits per heavy atom. The molecule has 0 aliphatic heterocycles. The summed E-state index contributed by atoms with van der Waals surface area (Å²) in [6.07, 6.45) is 0. The third-order valence-electron chi connectivity index (χ3n) is 1.33. The van der Waals surface area contributed by atoms with Crippen LogP contribution < -0.4 is 0 Å². The maximum atomic E-state index is 5.37. The first-order valence-electron chi connectivity index (χ1n) is 5.72. The van der Waals surface area contributed by atoms with E-state index in [2.05, 4.69) is 23.6 Å². The van der Waals surface area contributed by atoms with Crippen LogP contribution in [0.5, 0.6) is 0 Å². The van der Waals surface area contributed by atoms with Crippen LogP contribution in [0.2, 0.25) is 0 Å². The quantitative estimate of drug-likeness (QED) is 0.0885. The van der Waals surface area contributed by atoms with Gasteiger partial charge in [-0.2, -0.15) is 0 Å². The Labute approximate surface area is 188 Å². The maximum absolute atomic E-state index is 5.37. The van der Waals surface area contributed by atoms with Gasteiger partial charge in [-0.05, 0) is 0 Å². The summed E-state index contributed by atoms with van der Waals surface area (Å²) in [7, 11) is 0. The van der Waals surface area contributed by atoms with E-state index in [-0.39, 0.29) is 16.5 Å². The van der Waals surface area contributed by atoms with Crippen molar-refractivity contribution in [3.05, 3.63) is 0 Å². The van der Waals surface area contributed by atoms with Gasteiger partial charge in [0.1, 0.15) is 0 Å². The second-order valence-corrected chi connectivity index (χ2v) is 15.1. The molecular formula is C8H18Cl4NiO4P2S4+2. The number of hydrogen-bond donors (Lipinski definition) is 0. The van der Waals surface area contributed by atoms with Gasteiger partial charge < -0.3 is 42.6 Å². The predicted molar refractivity (Wildman–Crippen MR) is 113 cm³/mol. The SMILES string of the molecule is [Ni+2].[S-]P(=[SH+])(OCCCl)OCCCl.[S-]P(=[SH+])(OCCCl)OCCCl. The van der Waals surface area contributed by atoms with E-state index in [0.717, 1.165) is 0 Å². The summed E-state index contributed by atoms with van der Waals surface area (Å²) >= 11 is 39.3. The molecule has 0 atom stereocenters. The van der Waals surface area contributed by atoms with E-state index in [0.29, 0.717) is 49.9 Å². The van der Waals surface area contributed by atoms with Gasteiger partial charge in [-0.3, -0.25) is 0 Å². The molecule has 23 heavy (non-hydrogen) atoms. The van der Waals surface area contributed by atoms with E-state index in [1.807, 2.05) is 0 Å². The third kappa shape index (κ3) is 25.5. The summed E-state index contributed by atoms with van der Waals surface area (Å²) in [5, 5.41) is 0. The molecule has 0 aliphatic rings. The van der Waals surface area contributed by atoms with Crippen molar-refractivity contribution in [1.82, 2.24) is 0 Å². The van der Waals surface area contributed by atoms with Crippen molar-refractivity contribution in [1.29, 1.82) is 0 Å². The number of hydrogen-bond acceptors (Lipinski definition) is 6. The van der Waals surface area contributed by atoms with Gasteiger partial charge in [0.05, 0.1) is 26.4 Å². The molecule has 0 spiro atoms. The van der Waals surface area contributed by atoms with Crippen LogP contribution in [0.25, 0.3) is 0 Å². The van der Waals surface area contributed by atoms with Gasteiger partial charge in [0.15, 0.2) is 23.6 Å². The van der Waals surface area contributed by atoms with Crippen molar-refractivity contribution in [2.45, 2.75) is 0 Å². The average molecular weight is 569 g/mol. The zero-order chi connectivity index (χ0) is 17.5. The predicted octanol–water partition coefficient (Wildman–Crippen LogP) is 4.00. The minimum atomic E-state index is -2.37. The Hall–Kier alpha value is 3.49. The maximum Gasteiger partial charge on any atom is 2.00 e. The Kier molecular flexibility index (Phi) is 27.4. The molecule has 0 radical (unpaired) electrons. The van der Waals surface area contributed by atoms with Crippen LogP contribution in [0.4, 0.5) is 0 Å². The molecule has 15 heteroatoms. The van der Waals surface area contributed by atoms with Gasteiger partial charge in [0.2, 0.25) is 11.4 Å². The van der Waals surface area contributed by atoms with Gasteiger partial charge >= 0.3 is 16.5 Å². The van der Waals surface area contributed by atoms with Crippen LogP contribution in [0.1, 0.15) is 0 Å². The van der Waals surface area contributed by atoms with E-state index in [4.69, 9.17) is 89.0 Å². The van der Waals surface area contributed by atoms with E-state index < -0.39 is 11.4 Å². The molecule has 0 rings (SSSR count). The monoisotopic (exact) mass is 566 g/mol. The van der Waals surface area contributed by atoms with E-state index in [1.165, 1.54) is 0 Å². The normalized spacial score (nSPS) is 11.4. The van der Waals surface area contributed by atoms with Crippen molar-refractivity contribution < 1.29 is 34.6 Å². The van der Waals surface area contributed by atoms with Crippen LogP contribution in [0.15, 0.2) is 0 Å². The summed E-state index contributed by atoms with van der Waals surface area (Å²) < 4.78 is 20.2. The number of thiol groups is 2. The van der Waals surface area contributed by atoms with Crippen LogP contribution in [0, 0.1) is 0 Å². The molecule has 0 N–H and O–H groups in total. The number of rotatable bonds is 12. The Bertz CT molecular complexity index is 306. The fraction of sp³-hybridized carbons (Fsp3) is 1.00. The van der Waals surface area contributed by atoms with E-state index in [1.54, 1.807) is 0 Å².